The van der Waals surface area contributed by atoms with E-state index >= 15 is 4.39 Å². The lowest BCUT2D eigenvalue weighted by atomic mass is 10.2. The zero-order valence-corrected chi connectivity index (χ0v) is 20.8. The van der Waals surface area contributed by atoms with Gasteiger partial charge in [-0.05, 0) is 31.7 Å². The molecule has 0 unspecified atom stereocenters. The van der Waals surface area contributed by atoms with E-state index in [1.165, 1.54) is 6.33 Å². The fraction of sp³-hybridized carbons (Fsp3) is 0.308. The molecule has 0 atom stereocenters. The summed E-state index contributed by atoms with van der Waals surface area (Å²) in [7, 11) is 1.66. The quantitative estimate of drug-likeness (QED) is 0.363. The number of likely N-dealkylation sites (N-methyl/N-ethyl adjacent to an activating group) is 1. The minimum absolute atomic E-state index is 0.0757. The van der Waals surface area contributed by atoms with Crippen LogP contribution in [-0.2, 0) is 7.05 Å². The van der Waals surface area contributed by atoms with E-state index < -0.39 is 11.6 Å². The van der Waals surface area contributed by atoms with Crippen LogP contribution in [-0.4, -0.2) is 57.1 Å². The van der Waals surface area contributed by atoms with Crippen LogP contribution >= 0.6 is 0 Å². The van der Waals surface area contributed by atoms with Gasteiger partial charge < -0.3 is 24.4 Å². The maximum atomic E-state index is 15.2. The van der Waals surface area contributed by atoms with Gasteiger partial charge in [0.1, 0.15) is 18.0 Å². The molecule has 37 heavy (non-hydrogen) atoms. The van der Waals surface area contributed by atoms with Crippen LogP contribution in [0, 0.1) is 25.1 Å². The van der Waals surface area contributed by atoms with Crippen LogP contribution in [0.3, 0.4) is 0 Å². The molecular weight excluding hydrogens is 478 g/mol. The van der Waals surface area contributed by atoms with Crippen molar-refractivity contribution in [3.63, 3.8) is 0 Å². The topological polar surface area (TPSA) is 75.7 Å². The van der Waals surface area contributed by atoms with Crippen LogP contribution in [0.25, 0.3) is 15.7 Å². The van der Waals surface area contributed by atoms with Gasteiger partial charge in [0.05, 0.1) is 24.0 Å². The molecule has 190 valence electrons. The molecule has 1 aromatic carbocycles. The molecule has 1 saturated heterocycles. The second kappa shape index (κ2) is 9.99. The van der Waals surface area contributed by atoms with Crippen molar-refractivity contribution >= 4 is 33.9 Å². The number of nitrogens with zero attached hydrogens (tertiary/aromatic N) is 7. The third-order valence-electron chi connectivity index (χ3n) is 6.70. The van der Waals surface area contributed by atoms with Crippen LogP contribution in [0.1, 0.15) is 12.6 Å². The summed E-state index contributed by atoms with van der Waals surface area (Å²) in [6.45, 7) is 16.5. The molecule has 0 aliphatic carbocycles. The van der Waals surface area contributed by atoms with Crippen molar-refractivity contribution < 1.29 is 13.5 Å². The van der Waals surface area contributed by atoms with Crippen molar-refractivity contribution in [2.45, 2.75) is 13.8 Å². The Balaban J connectivity index is 1.38. The number of hydrogen-bond acceptors (Lipinski definition) is 7. The Kier molecular flexibility index (Phi) is 6.58. The number of nitrogens with one attached hydrogen (secondary N) is 1. The first-order chi connectivity index (χ1) is 17.9. The molecule has 1 fully saturated rings. The highest BCUT2D eigenvalue weighted by molar-refractivity contribution is 5.84. The first-order valence-electron chi connectivity index (χ1n) is 11.9. The Bertz CT molecular complexity index is 1490. The molecule has 4 aromatic rings. The third kappa shape index (κ3) is 4.63. The molecule has 4 heterocycles. The van der Waals surface area contributed by atoms with Gasteiger partial charge in [-0.1, -0.05) is 6.92 Å². The lowest BCUT2D eigenvalue weighted by Gasteiger charge is -2.35. The van der Waals surface area contributed by atoms with E-state index in [1.54, 1.807) is 36.9 Å². The monoisotopic (exact) mass is 504 g/mol. The van der Waals surface area contributed by atoms with Gasteiger partial charge in [-0.2, -0.15) is 0 Å². The van der Waals surface area contributed by atoms with Gasteiger partial charge in [-0.15, -0.1) is 0 Å². The molecule has 1 N–H and O–H groups in total. The number of hydrogen-bond donors (Lipinski definition) is 1. The average Bonchev–Trinajstić information content (AvgIpc) is 3.22. The number of pyridine rings is 1. The predicted molar refractivity (Wildman–Crippen MR) is 138 cm³/mol. The number of benzene rings is 1. The van der Waals surface area contributed by atoms with Gasteiger partial charge in [0, 0.05) is 50.4 Å². The molecule has 0 radical (unpaired) electrons. The SMILES string of the molecule is [C-]#[N+]c1c(Nc2ccc(N3CCN(CC)CC3)cn2)ncnc1Oc1cc(F)c2c(cc(C)n2C)c1F. The molecule has 9 nitrogen and oxygen atoms in total. The Morgan fingerprint density at radius 2 is 1.89 bits per heavy atom. The van der Waals surface area contributed by atoms with Gasteiger partial charge in [-0.25, -0.2) is 28.6 Å². The molecule has 0 spiro atoms. The summed E-state index contributed by atoms with van der Waals surface area (Å²) < 4.78 is 37.1. The van der Waals surface area contributed by atoms with Crippen LogP contribution < -0.4 is 15.0 Å². The Morgan fingerprint density at radius 1 is 1.11 bits per heavy atom. The van der Waals surface area contributed by atoms with E-state index in [0.29, 0.717) is 11.5 Å². The number of piperazine rings is 1. The maximum absolute atomic E-state index is 15.2. The summed E-state index contributed by atoms with van der Waals surface area (Å²) in [5.74, 6) is -1.31. The van der Waals surface area contributed by atoms with E-state index in [4.69, 9.17) is 11.3 Å². The standard InChI is InChI=1S/C26H26F2N8O/c1-5-35-8-10-36(11-9-35)17-6-7-21(30-14-17)33-25-23(29-3)26(32-15-31-25)37-20-13-19(27)24-18(22(20)28)12-16(2)34(24)4/h6-7,12-15H,5,8-11H2,1-2,4H3,(H,30,31,32,33). The molecule has 0 saturated carbocycles. The second-order valence-electron chi connectivity index (χ2n) is 8.82. The number of aryl methyl sites for hydroxylation is 2. The lowest BCUT2D eigenvalue weighted by Crippen LogP contribution is -2.46. The third-order valence-corrected chi connectivity index (χ3v) is 6.70. The second-order valence-corrected chi connectivity index (χ2v) is 8.82. The summed E-state index contributed by atoms with van der Waals surface area (Å²) in [6, 6.07) is 6.27. The summed E-state index contributed by atoms with van der Waals surface area (Å²) >= 11 is 0. The Labute approximate surface area is 213 Å². The van der Waals surface area contributed by atoms with Crippen LogP contribution in [0.15, 0.2) is 36.8 Å². The fourth-order valence-electron chi connectivity index (χ4n) is 4.47. The molecule has 0 amide bonds. The minimum Gasteiger partial charge on any atom is -0.446 e. The van der Waals surface area contributed by atoms with E-state index in [2.05, 4.69) is 41.8 Å². The highest BCUT2D eigenvalue weighted by Gasteiger charge is 2.21. The van der Waals surface area contributed by atoms with E-state index in [-0.39, 0.29) is 34.0 Å². The molecule has 0 bridgehead atoms. The van der Waals surface area contributed by atoms with Gasteiger partial charge in [0.25, 0.3) is 5.69 Å². The summed E-state index contributed by atoms with van der Waals surface area (Å²) in [5, 5.41) is 3.10. The molecule has 11 heteroatoms. The number of fused-ring (bicyclic) bond motifs is 1. The van der Waals surface area contributed by atoms with Crippen LogP contribution in [0.4, 0.5) is 31.8 Å². The fourth-order valence-corrected chi connectivity index (χ4v) is 4.47. The van der Waals surface area contributed by atoms with Crippen molar-refractivity contribution in [2.75, 3.05) is 42.9 Å². The van der Waals surface area contributed by atoms with Crippen molar-refractivity contribution in [1.29, 1.82) is 0 Å². The van der Waals surface area contributed by atoms with Gasteiger partial charge >= 0.3 is 0 Å². The highest BCUT2D eigenvalue weighted by atomic mass is 19.1. The van der Waals surface area contributed by atoms with E-state index in [9.17, 15) is 4.39 Å². The smallest absolute Gasteiger partial charge is 0.288 e. The van der Waals surface area contributed by atoms with Crippen molar-refractivity contribution in [1.82, 2.24) is 24.4 Å². The number of ether oxygens (including phenoxy) is 1. The Morgan fingerprint density at radius 3 is 2.57 bits per heavy atom. The molecule has 1 aliphatic rings. The van der Waals surface area contributed by atoms with Crippen molar-refractivity contribution in [2.24, 2.45) is 7.05 Å². The average molecular weight is 505 g/mol. The highest BCUT2D eigenvalue weighted by Crippen LogP contribution is 2.39. The largest absolute Gasteiger partial charge is 0.446 e. The zero-order chi connectivity index (χ0) is 26.1. The Hall–Kier alpha value is -4.30. The first-order valence-corrected chi connectivity index (χ1v) is 11.9. The van der Waals surface area contributed by atoms with E-state index in [0.717, 1.165) is 44.5 Å². The minimum atomic E-state index is -0.735. The first kappa shape index (κ1) is 24.4. The predicted octanol–water partition coefficient (Wildman–Crippen LogP) is 5.18. The van der Waals surface area contributed by atoms with E-state index in [1.807, 2.05) is 6.07 Å². The number of rotatable bonds is 6. The maximum Gasteiger partial charge on any atom is 0.288 e. The molecular formula is C26H26F2N8O. The van der Waals surface area contributed by atoms with Gasteiger partial charge in [-0.3, -0.25) is 0 Å². The molecule has 3 aromatic heterocycles. The zero-order valence-electron chi connectivity index (χ0n) is 20.8. The van der Waals surface area contributed by atoms with Gasteiger partial charge in [0.2, 0.25) is 5.88 Å². The molecule has 5 rings (SSSR count). The van der Waals surface area contributed by atoms with Crippen molar-refractivity contribution in [3.8, 4) is 11.6 Å². The summed E-state index contributed by atoms with van der Waals surface area (Å²) in [6.07, 6.45) is 2.96. The molecule has 1 aliphatic heterocycles. The normalized spacial score (nSPS) is 14.1. The van der Waals surface area contributed by atoms with Gasteiger partial charge in [0.15, 0.2) is 17.4 Å². The van der Waals surface area contributed by atoms with Crippen LogP contribution in [0.2, 0.25) is 0 Å². The number of aromatic nitrogens is 4. The summed E-state index contributed by atoms with van der Waals surface area (Å²) in [4.78, 5) is 20.8. The number of halogens is 2. The lowest BCUT2D eigenvalue weighted by molar-refractivity contribution is 0.271. The van der Waals surface area contributed by atoms with Crippen molar-refractivity contribution in [3.05, 3.63) is 65.5 Å². The van der Waals surface area contributed by atoms with Crippen LogP contribution in [0.5, 0.6) is 11.6 Å². The summed E-state index contributed by atoms with van der Waals surface area (Å²) in [5.41, 5.74) is 1.78. The number of anilines is 3.